The van der Waals surface area contributed by atoms with Crippen molar-refractivity contribution in [2.45, 2.75) is 97.6 Å². The molecular formula is C31H48N4O6S. The van der Waals surface area contributed by atoms with E-state index in [0.717, 1.165) is 48.2 Å². The van der Waals surface area contributed by atoms with Gasteiger partial charge in [-0.25, -0.2) is 17.5 Å². The van der Waals surface area contributed by atoms with E-state index in [2.05, 4.69) is 12.2 Å². The fourth-order valence-electron chi connectivity index (χ4n) is 6.40. The molecule has 0 bridgehead atoms. The number of rotatable bonds is 7. The number of carbonyl (C=O) groups excluding carboxylic acids is 2. The molecule has 42 heavy (non-hydrogen) atoms. The summed E-state index contributed by atoms with van der Waals surface area (Å²) in [6, 6.07) is 1.84. The van der Waals surface area contributed by atoms with E-state index in [4.69, 9.17) is 14.5 Å². The molecule has 1 aromatic carbocycles. The number of nitrogens with one attached hydrogen (secondary N) is 1. The lowest BCUT2D eigenvalue weighted by molar-refractivity contribution is -0.125. The number of hydrogen-bond donors (Lipinski definition) is 1. The minimum atomic E-state index is -3.57. The van der Waals surface area contributed by atoms with Crippen LogP contribution in [0.5, 0.6) is 5.75 Å². The molecule has 0 unspecified atom stereocenters. The second kappa shape index (κ2) is 12.1. The fourth-order valence-corrected chi connectivity index (χ4v) is 7.86. The maximum atomic E-state index is 13.4. The number of benzene rings is 1. The summed E-state index contributed by atoms with van der Waals surface area (Å²) in [6.45, 7) is 12.0. The van der Waals surface area contributed by atoms with Gasteiger partial charge in [-0.2, -0.15) is 0 Å². The second-order valence-corrected chi connectivity index (χ2v) is 15.4. The third-order valence-corrected chi connectivity index (χ3v) is 10.9. The van der Waals surface area contributed by atoms with Crippen LogP contribution in [0.2, 0.25) is 0 Å². The van der Waals surface area contributed by atoms with E-state index >= 15 is 0 Å². The number of methoxy groups -OCH3 is 1. The Morgan fingerprint density at radius 2 is 1.79 bits per heavy atom. The molecule has 10 nitrogen and oxygen atoms in total. The molecule has 1 N–H and O–H groups in total. The lowest BCUT2D eigenvalue weighted by Crippen LogP contribution is -2.51. The highest BCUT2D eigenvalue weighted by molar-refractivity contribution is 7.89. The van der Waals surface area contributed by atoms with Crippen molar-refractivity contribution < 1.29 is 27.5 Å². The molecule has 2 heterocycles. The summed E-state index contributed by atoms with van der Waals surface area (Å²) in [4.78, 5) is 32.1. The number of anilines is 1. The van der Waals surface area contributed by atoms with Crippen molar-refractivity contribution >= 4 is 33.5 Å². The maximum absolute atomic E-state index is 13.4. The number of hydrogen-bond acceptors (Lipinski definition) is 7. The average Bonchev–Trinajstić information content (AvgIpc) is 3.22. The molecule has 1 saturated carbocycles. The average molecular weight is 605 g/mol. The number of nitrogens with zero attached hydrogens (tertiary/aromatic N) is 3. The zero-order valence-corrected chi connectivity index (χ0v) is 27.3. The number of aliphatic imine (C=N–C) groups is 1. The van der Waals surface area contributed by atoms with Crippen LogP contribution in [-0.4, -0.2) is 74.7 Å². The van der Waals surface area contributed by atoms with Crippen LogP contribution in [0.25, 0.3) is 0 Å². The van der Waals surface area contributed by atoms with E-state index < -0.39 is 27.3 Å². The smallest absolute Gasteiger partial charge is 0.414 e. The van der Waals surface area contributed by atoms with Gasteiger partial charge in [-0.05, 0) is 95.4 Å². The van der Waals surface area contributed by atoms with Gasteiger partial charge in [-0.1, -0.05) is 19.8 Å². The first kappa shape index (κ1) is 32.3. The molecule has 0 atom stereocenters. The first-order valence-electron chi connectivity index (χ1n) is 15.1. The Hall–Kier alpha value is -2.66. The van der Waals surface area contributed by atoms with E-state index in [-0.39, 0.29) is 24.7 Å². The van der Waals surface area contributed by atoms with Crippen LogP contribution < -0.4 is 15.0 Å². The Morgan fingerprint density at radius 1 is 1.17 bits per heavy atom. The molecular weight excluding hydrogens is 556 g/mol. The Morgan fingerprint density at radius 3 is 2.36 bits per heavy atom. The van der Waals surface area contributed by atoms with E-state index in [9.17, 15) is 18.0 Å². The van der Waals surface area contributed by atoms with Crippen LogP contribution in [0.15, 0.2) is 11.1 Å². The minimum Gasteiger partial charge on any atom is -0.494 e. The number of ether oxygens (including phenoxy) is 2. The number of carbonyl (C=O) groups is 2. The van der Waals surface area contributed by atoms with E-state index in [0.29, 0.717) is 42.5 Å². The normalized spacial score (nSPS) is 23.0. The molecule has 11 heteroatoms. The van der Waals surface area contributed by atoms with Gasteiger partial charge >= 0.3 is 6.09 Å². The van der Waals surface area contributed by atoms with Gasteiger partial charge in [-0.3, -0.25) is 14.7 Å². The summed E-state index contributed by atoms with van der Waals surface area (Å²) in [7, 11) is -0.403. The number of amidine groups is 1. The number of sulfonamides is 1. The van der Waals surface area contributed by atoms with Gasteiger partial charge < -0.3 is 14.8 Å². The SMILES string of the molecule is COc1c(N(C)C(=O)OC(C)(C)C)cc(C)c(CCS(=O)(=O)N2CCC3(CC2)N=C([C@H]2CC[C@H](C)CC2)NC3=O)c1C. The minimum absolute atomic E-state index is 0.0624. The van der Waals surface area contributed by atoms with Gasteiger partial charge in [0.25, 0.3) is 5.91 Å². The van der Waals surface area contributed by atoms with Crippen LogP contribution in [0.1, 0.15) is 82.9 Å². The van der Waals surface area contributed by atoms with Crippen LogP contribution in [0.4, 0.5) is 10.5 Å². The molecule has 2 fully saturated rings. The molecule has 0 radical (unpaired) electrons. The molecule has 1 aromatic rings. The summed E-state index contributed by atoms with van der Waals surface area (Å²) < 4.78 is 39.6. The van der Waals surface area contributed by atoms with E-state index in [1.807, 2.05) is 40.7 Å². The van der Waals surface area contributed by atoms with Crippen molar-refractivity contribution in [2.24, 2.45) is 16.8 Å². The standard InChI is InChI=1S/C31H48N4O6S/c1-20-9-11-23(12-10-20)27-32-28(36)31(33-27)14-16-35(17-15-31)42(38,39)18-13-24-21(2)19-25(26(40-8)22(24)3)34(7)29(37)41-30(4,5)6/h19-20,23H,9-18H2,1-8H3,(H,32,33,36)/t20-,23-. The van der Waals surface area contributed by atoms with Gasteiger partial charge in [0.2, 0.25) is 10.0 Å². The third-order valence-electron chi connectivity index (χ3n) is 9.04. The van der Waals surface area contributed by atoms with Gasteiger partial charge in [0, 0.05) is 26.1 Å². The molecule has 2 amide bonds. The summed E-state index contributed by atoms with van der Waals surface area (Å²) in [5.74, 6) is 2.19. The van der Waals surface area contributed by atoms with Gasteiger partial charge in [0.1, 0.15) is 22.7 Å². The molecule has 1 spiro atoms. The zero-order chi connectivity index (χ0) is 31.0. The number of amides is 2. The zero-order valence-electron chi connectivity index (χ0n) is 26.5. The molecule has 1 aliphatic carbocycles. The maximum Gasteiger partial charge on any atom is 0.414 e. The largest absolute Gasteiger partial charge is 0.494 e. The number of piperidine rings is 1. The first-order chi connectivity index (χ1) is 19.6. The van der Waals surface area contributed by atoms with Crippen LogP contribution in [0, 0.1) is 25.7 Å². The van der Waals surface area contributed by atoms with Crippen molar-refractivity contribution in [3.8, 4) is 5.75 Å². The highest BCUT2D eigenvalue weighted by Crippen LogP contribution is 2.38. The van der Waals surface area contributed by atoms with E-state index in [1.54, 1.807) is 7.05 Å². The van der Waals surface area contributed by atoms with E-state index in [1.165, 1.54) is 16.3 Å². The molecule has 0 aromatic heterocycles. The fraction of sp³-hybridized carbons (Fsp3) is 0.710. The van der Waals surface area contributed by atoms with Crippen molar-refractivity contribution in [2.75, 3.05) is 37.9 Å². The monoisotopic (exact) mass is 604 g/mol. The van der Waals surface area contributed by atoms with Crippen molar-refractivity contribution in [3.05, 3.63) is 22.8 Å². The lowest BCUT2D eigenvalue weighted by Gasteiger charge is -2.35. The summed E-state index contributed by atoms with van der Waals surface area (Å²) in [5, 5.41) is 3.05. The number of aryl methyl sites for hydroxylation is 1. The molecule has 3 aliphatic rings. The van der Waals surface area contributed by atoms with Crippen molar-refractivity contribution in [1.29, 1.82) is 0 Å². The van der Waals surface area contributed by atoms with Crippen LogP contribution in [0.3, 0.4) is 0 Å². The lowest BCUT2D eigenvalue weighted by atomic mass is 9.82. The first-order valence-corrected chi connectivity index (χ1v) is 16.7. The quantitative estimate of drug-likeness (QED) is 0.480. The van der Waals surface area contributed by atoms with Gasteiger partial charge in [0.05, 0.1) is 18.6 Å². The predicted molar refractivity (Wildman–Crippen MR) is 165 cm³/mol. The summed E-state index contributed by atoms with van der Waals surface area (Å²) in [6.07, 6.45) is 4.96. The topological polar surface area (TPSA) is 118 Å². The Bertz CT molecular complexity index is 1330. The Labute approximate surface area is 251 Å². The van der Waals surface area contributed by atoms with Crippen molar-refractivity contribution in [1.82, 2.24) is 9.62 Å². The van der Waals surface area contributed by atoms with Crippen LogP contribution in [-0.2, 0) is 26.0 Å². The predicted octanol–water partition coefficient (Wildman–Crippen LogP) is 4.74. The molecule has 2 aliphatic heterocycles. The Kier molecular flexibility index (Phi) is 9.33. The molecule has 234 valence electrons. The Balaban J connectivity index is 1.43. The molecule has 4 rings (SSSR count). The second-order valence-electron chi connectivity index (χ2n) is 13.3. The van der Waals surface area contributed by atoms with Crippen molar-refractivity contribution in [3.63, 3.8) is 0 Å². The highest BCUT2D eigenvalue weighted by atomic mass is 32.2. The third kappa shape index (κ3) is 6.77. The molecule has 1 saturated heterocycles. The van der Waals surface area contributed by atoms with Gasteiger partial charge in [-0.15, -0.1) is 0 Å². The van der Waals surface area contributed by atoms with Crippen LogP contribution >= 0.6 is 0 Å². The highest BCUT2D eigenvalue weighted by Gasteiger charge is 2.48. The van der Waals surface area contributed by atoms with Gasteiger partial charge in [0.15, 0.2) is 0 Å². The summed E-state index contributed by atoms with van der Waals surface area (Å²) in [5.41, 5.74) is 1.60. The summed E-state index contributed by atoms with van der Waals surface area (Å²) >= 11 is 0.